The second-order valence-corrected chi connectivity index (χ2v) is 6.91. The highest BCUT2D eigenvalue weighted by atomic mass is 32.2. The molecule has 2 rings (SSSR count). The van der Waals surface area contributed by atoms with Crippen LogP contribution in [-0.4, -0.2) is 30.7 Å². The predicted octanol–water partition coefficient (Wildman–Crippen LogP) is 3.41. The Labute approximate surface area is 143 Å². The van der Waals surface area contributed by atoms with Crippen LogP contribution in [0, 0.1) is 6.92 Å². The number of rotatable bonds is 8. The van der Waals surface area contributed by atoms with Crippen LogP contribution in [0.3, 0.4) is 0 Å². The van der Waals surface area contributed by atoms with E-state index in [9.17, 15) is 9.59 Å². The van der Waals surface area contributed by atoms with Crippen LogP contribution in [0.15, 0.2) is 41.7 Å². The molecule has 0 spiro atoms. The first kappa shape index (κ1) is 17.7. The number of carbonyl (C=O) groups excluding carboxylic acids is 1. The van der Waals surface area contributed by atoms with E-state index in [0.29, 0.717) is 31.3 Å². The van der Waals surface area contributed by atoms with Crippen LogP contribution in [0.1, 0.15) is 5.56 Å². The van der Waals surface area contributed by atoms with Crippen molar-refractivity contribution in [3.8, 4) is 5.75 Å². The molecule has 2 aromatic rings. The number of carbonyl (C=O) groups is 1. The van der Waals surface area contributed by atoms with Gasteiger partial charge in [-0.25, -0.2) is 0 Å². The van der Waals surface area contributed by atoms with Gasteiger partial charge in [-0.2, -0.15) is 0 Å². The molecule has 122 valence electrons. The Morgan fingerprint density at radius 3 is 2.91 bits per heavy atom. The molecule has 0 unspecified atom stereocenters. The van der Waals surface area contributed by atoms with Gasteiger partial charge in [0, 0.05) is 21.9 Å². The zero-order valence-electron chi connectivity index (χ0n) is 12.9. The molecule has 23 heavy (non-hydrogen) atoms. The van der Waals surface area contributed by atoms with E-state index in [1.54, 1.807) is 0 Å². The summed E-state index contributed by atoms with van der Waals surface area (Å²) in [5, 5.41) is 0.891. The molecule has 0 saturated heterocycles. The molecular formula is C17H18O4S2. The summed E-state index contributed by atoms with van der Waals surface area (Å²) in [5.74, 6) is 1.18. The summed E-state index contributed by atoms with van der Waals surface area (Å²) in [4.78, 5) is 22.7. The number of hydrogen-bond acceptors (Lipinski definition) is 6. The van der Waals surface area contributed by atoms with E-state index >= 15 is 0 Å². The molecule has 1 aromatic heterocycles. The van der Waals surface area contributed by atoms with Crippen LogP contribution in [0.2, 0.25) is 0 Å². The average molecular weight is 350 g/mol. The molecule has 0 atom stereocenters. The van der Waals surface area contributed by atoms with Gasteiger partial charge in [-0.1, -0.05) is 41.3 Å². The summed E-state index contributed by atoms with van der Waals surface area (Å²) in [6.45, 7) is 6.64. The first-order valence-corrected chi connectivity index (χ1v) is 8.94. The molecule has 0 aliphatic heterocycles. The molecular weight excluding hydrogens is 332 g/mol. The summed E-state index contributed by atoms with van der Waals surface area (Å²) >= 11 is 2.38. The fourth-order valence-corrected chi connectivity index (χ4v) is 3.25. The first-order valence-electron chi connectivity index (χ1n) is 7.14. The average Bonchev–Trinajstić information content (AvgIpc) is 2.54. The first-order chi connectivity index (χ1) is 11.1. The van der Waals surface area contributed by atoms with Crippen LogP contribution >= 0.6 is 23.1 Å². The highest BCUT2D eigenvalue weighted by Crippen LogP contribution is 2.27. The number of hydrogen-bond donors (Lipinski definition) is 0. The quantitative estimate of drug-likeness (QED) is 0.539. The molecule has 0 aliphatic rings. The van der Waals surface area contributed by atoms with Gasteiger partial charge in [0.2, 0.25) is 9.86 Å². The molecule has 0 N–H and O–H groups in total. The van der Waals surface area contributed by atoms with Gasteiger partial charge in [-0.05, 0) is 25.1 Å². The highest BCUT2D eigenvalue weighted by molar-refractivity contribution is 8.14. The Morgan fingerprint density at radius 2 is 2.13 bits per heavy atom. The molecule has 0 fully saturated rings. The molecule has 1 heterocycles. The topological polar surface area (TPSA) is 52.6 Å². The van der Waals surface area contributed by atoms with Crippen LogP contribution in [-0.2, 0) is 9.53 Å². The highest BCUT2D eigenvalue weighted by Gasteiger charge is 2.06. The Morgan fingerprint density at radius 1 is 1.30 bits per heavy atom. The van der Waals surface area contributed by atoms with E-state index in [1.807, 2.05) is 25.1 Å². The van der Waals surface area contributed by atoms with Gasteiger partial charge >= 0.3 is 0 Å². The zero-order chi connectivity index (χ0) is 16.7. The number of fused-ring (bicyclic) bond motifs is 1. The van der Waals surface area contributed by atoms with Gasteiger partial charge < -0.3 is 9.47 Å². The fourth-order valence-electron chi connectivity index (χ4n) is 1.94. The third kappa shape index (κ3) is 5.49. The third-order valence-corrected chi connectivity index (χ3v) is 4.70. The molecule has 0 radical (unpaired) electrons. The normalized spacial score (nSPS) is 10.7. The van der Waals surface area contributed by atoms with Crippen molar-refractivity contribution in [1.82, 2.24) is 0 Å². The number of ether oxygens (including phenoxy) is 2. The maximum Gasteiger partial charge on any atom is 0.236 e. The van der Waals surface area contributed by atoms with Gasteiger partial charge in [0.05, 0.1) is 13.2 Å². The van der Waals surface area contributed by atoms with Crippen molar-refractivity contribution in [1.29, 1.82) is 0 Å². The SMILES string of the molecule is C=CC(=O)SCCOCCOc1cc(=O)sc2ccc(C)cc12. The Kier molecular flexibility index (Phi) is 6.83. The zero-order valence-corrected chi connectivity index (χ0v) is 14.5. The second-order valence-electron chi connectivity index (χ2n) is 4.76. The number of thioether (sulfide) groups is 1. The van der Waals surface area contributed by atoms with E-state index in [0.717, 1.165) is 15.6 Å². The van der Waals surface area contributed by atoms with Gasteiger partial charge in [0.15, 0.2) is 0 Å². The van der Waals surface area contributed by atoms with Crippen molar-refractivity contribution in [2.75, 3.05) is 25.6 Å². The van der Waals surface area contributed by atoms with Gasteiger partial charge in [0.25, 0.3) is 0 Å². The van der Waals surface area contributed by atoms with E-state index in [2.05, 4.69) is 6.58 Å². The minimum atomic E-state index is -0.0554. The summed E-state index contributed by atoms with van der Waals surface area (Å²) < 4.78 is 12.0. The Balaban J connectivity index is 1.85. The third-order valence-electron chi connectivity index (χ3n) is 2.98. The Bertz CT molecular complexity index is 752. The molecule has 0 aliphatic carbocycles. The number of benzene rings is 1. The van der Waals surface area contributed by atoms with Crippen molar-refractivity contribution in [3.63, 3.8) is 0 Å². The van der Waals surface area contributed by atoms with Crippen molar-refractivity contribution >= 4 is 38.3 Å². The summed E-state index contributed by atoms with van der Waals surface area (Å²) in [6, 6.07) is 7.45. The molecule has 0 amide bonds. The molecule has 1 aromatic carbocycles. The predicted molar refractivity (Wildman–Crippen MR) is 96.8 cm³/mol. The van der Waals surface area contributed by atoms with Gasteiger partial charge in [0.1, 0.15) is 12.4 Å². The molecule has 0 bridgehead atoms. The van der Waals surface area contributed by atoms with Gasteiger partial charge in [-0.15, -0.1) is 0 Å². The second kappa shape index (κ2) is 8.86. The Hall–Kier alpha value is -1.63. The molecule has 6 heteroatoms. The summed E-state index contributed by atoms with van der Waals surface area (Å²) in [6.07, 6.45) is 1.29. The minimum absolute atomic E-state index is 0.0309. The monoisotopic (exact) mass is 350 g/mol. The van der Waals surface area contributed by atoms with E-state index in [4.69, 9.17) is 9.47 Å². The maximum absolute atomic E-state index is 11.7. The lowest BCUT2D eigenvalue weighted by molar-refractivity contribution is -0.107. The smallest absolute Gasteiger partial charge is 0.236 e. The van der Waals surface area contributed by atoms with Crippen LogP contribution in [0.5, 0.6) is 5.75 Å². The lowest BCUT2D eigenvalue weighted by atomic mass is 10.2. The van der Waals surface area contributed by atoms with E-state index in [-0.39, 0.29) is 9.86 Å². The standard InChI is InChI=1S/C17H18O4S2/c1-3-16(18)22-9-8-20-6-7-21-14-11-17(19)23-15-5-4-12(2)10-13(14)15/h3-5,10-11H,1,6-9H2,2H3. The largest absolute Gasteiger partial charge is 0.490 e. The van der Waals surface area contributed by atoms with Crippen molar-refractivity contribution in [2.45, 2.75) is 6.92 Å². The number of aryl methyl sites for hydroxylation is 1. The maximum atomic E-state index is 11.7. The van der Waals surface area contributed by atoms with Crippen LogP contribution in [0.25, 0.3) is 10.1 Å². The lowest BCUT2D eigenvalue weighted by Crippen LogP contribution is -2.10. The van der Waals surface area contributed by atoms with Crippen molar-refractivity contribution in [3.05, 3.63) is 52.0 Å². The van der Waals surface area contributed by atoms with Crippen LogP contribution < -0.4 is 9.48 Å². The van der Waals surface area contributed by atoms with Gasteiger partial charge in [-0.3, -0.25) is 9.59 Å². The van der Waals surface area contributed by atoms with E-state index in [1.165, 1.54) is 35.2 Å². The van der Waals surface area contributed by atoms with Crippen molar-refractivity contribution in [2.24, 2.45) is 0 Å². The summed E-state index contributed by atoms with van der Waals surface area (Å²) in [7, 11) is 0. The molecule has 4 nitrogen and oxygen atoms in total. The lowest BCUT2D eigenvalue weighted by Gasteiger charge is -2.09. The summed E-state index contributed by atoms with van der Waals surface area (Å²) in [5.41, 5.74) is 1.12. The van der Waals surface area contributed by atoms with Crippen LogP contribution in [0.4, 0.5) is 0 Å². The van der Waals surface area contributed by atoms with Crippen molar-refractivity contribution < 1.29 is 14.3 Å². The fraction of sp³-hybridized carbons (Fsp3) is 0.294. The minimum Gasteiger partial charge on any atom is -0.490 e. The van der Waals surface area contributed by atoms with E-state index < -0.39 is 0 Å². The molecule has 0 saturated carbocycles.